The minimum absolute atomic E-state index is 0.216. The number of rotatable bonds is 2. The van der Waals surface area contributed by atoms with Crippen LogP contribution in [-0.4, -0.2) is 22.1 Å². The Morgan fingerprint density at radius 1 is 1.14 bits per heavy atom. The number of benzene rings is 1. The van der Waals surface area contributed by atoms with Gasteiger partial charge in [0.15, 0.2) is 0 Å². The van der Waals surface area contributed by atoms with E-state index in [4.69, 9.17) is 0 Å². The summed E-state index contributed by atoms with van der Waals surface area (Å²) in [6.07, 6.45) is -2.97. The summed E-state index contributed by atoms with van der Waals surface area (Å²) < 4.78 is 37.4. The van der Waals surface area contributed by atoms with Crippen LogP contribution in [0.3, 0.4) is 0 Å². The Morgan fingerprint density at radius 2 is 1.71 bits per heavy atom. The smallest absolute Gasteiger partial charge is 0.268 e. The predicted molar refractivity (Wildman–Crippen MR) is 74.4 cm³/mol. The fraction of sp³-hybridized carbons (Fsp3) is 0.286. The quantitative estimate of drug-likeness (QED) is 0.769. The SMILES string of the molecule is CC(C)N1C(=O)S/C(=C\c2ccc(C(F)(F)F)cc2)C1=O. The van der Waals surface area contributed by atoms with Crippen LogP contribution in [0.25, 0.3) is 6.08 Å². The van der Waals surface area contributed by atoms with Crippen LogP contribution in [0.15, 0.2) is 29.2 Å². The Morgan fingerprint density at radius 3 is 2.14 bits per heavy atom. The van der Waals surface area contributed by atoms with Crippen LogP contribution in [-0.2, 0) is 11.0 Å². The van der Waals surface area contributed by atoms with E-state index in [-0.39, 0.29) is 16.2 Å². The van der Waals surface area contributed by atoms with Crippen molar-refractivity contribution < 1.29 is 22.8 Å². The molecule has 3 nitrogen and oxygen atoms in total. The minimum atomic E-state index is -4.39. The second-order valence-electron chi connectivity index (χ2n) is 4.77. The Hall–Kier alpha value is -1.76. The lowest BCUT2D eigenvalue weighted by atomic mass is 10.1. The van der Waals surface area contributed by atoms with E-state index in [2.05, 4.69) is 0 Å². The van der Waals surface area contributed by atoms with Crippen molar-refractivity contribution in [3.63, 3.8) is 0 Å². The number of alkyl halides is 3. The van der Waals surface area contributed by atoms with E-state index in [9.17, 15) is 22.8 Å². The van der Waals surface area contributed by atoms with Gasteiger partial charge in [-0.3, -0.25) is 14.5 Å². The fourth-order valence-corrected chi connectivity index (χ4v) is 2.81. The number of hydrogen-bond acceptors (Lipinski definition) is 3. The van der Waals surface area contributed by atoms with Gasteiger partial charge in [0, 0.05) is 6.04 Å². The molecular weight excluding hydrogens is 303 g/mol. The topological polar surface area (TPSA) is 37.4 Å². The average molecular weight is 315 g/mol. The summed E-state index contributed by atoms with van der Waals surface area (Å²) in [5.41, 5.74) is -0.313. The zero-order chi connectivity index (χ0) is 15.8. The number of imide groups is 1. The zero-order valence-electron chi connectivity index (χ0n) is 11.3. The maximum absolute atomic E-state index is 12.5. The summed E-state index contributed by atoms with van der Waals surface area (Å²) in [5.74, 6) is -0.417. The van der Waals surface area contributed by atoms with Crippen molar-refractivity contribution in [1.29, 1.82) is 0 Å². The summed E-state index contributed by atoms with van der Waals surface area (Å²) >= 11 is 0.791. The molecule has 112 valence electrons. The third kappa shape index (κ3) is 3.29. The highest BCUT2D eigenvalue weighted by Gasteiger charge is 2.36. The number of amides is 2. The van der Waals surface area contributed by atoms with Crippen molar-refractivity contribution in [2.24, 2.45) is 0 Å². The van der Waals surface area contributed by atoms with E-state index in [1.165, 1.54) is 18.2 Å². The van der Waals surface area contributed by atoms with E-state index in [0.29, 0.717) is 5.56 Å². The monoisotopic (exact) mass is 315 g/mol. The van der Waals surface area contributed by atoms with Gasteiger partial charge >= 0.3 is 6.18 Å². The molecule has 1 aliphatic heterocycles. The first kappa shape index (κ1) is 15.6. The normalized spacial score (nSPS) is 18.2. The van der Waals surface area contributed by atoms with Crippen molar-refractivity contribution in [3.05, 3.63) is 40.3 Å². The van der Waals surface area contributed by atoms with E-state index in [1.807, 2.05) is 0 Å². The van der Waals surface area contributed by atoms with E-state index in [1.54, 1.807) is 13.8 Å². The summed E-state index contributed by atoms with van der Waals surface area (Å²) in [6.45, 7) is 3.44. The van der Waals surface area contributed by atoms with Gasteiger partial charge < -0.3 is 0 Å². The molecule has 2 rings (SSSR count). The molecule has 1 fully saturated rings. The lowest BCUT2D eigenvalue weighted by Gasteiger charge is -2.16. The molecule has 0 spiro atoms. The third-order valence-corrected chi connectivity index (χ3v) is 3.76. The van der Waals surface area contributed by atoms with Gasteiger partial charge in [0.1, 0.15) is 0 Å². The summed E-state index contributed by atoms with van der Waals surface area (Å²) in [4.78, 5) is 25.1. The van der Waals surface area contributed by atoms with Gasteiger partial charge in [0.05, 0.1) is 10.5 Å². The lowest BCUT2D eigenvalue weighted by molar-refractivity contribution is -0.137. The number of halogens is 3. The average Bonchev–Trinajstić information content (AvgIpc) is 2.64. The highest BCUT2D eigenvalue weighted by molar-refractivity contribution is 8.18. The molecule has 1 heterocycles. The van der Waals surface area contributed by atoms with Crippen LogP contribution < -0.4 is 0 Å². The van der Waals surface area contributed by atoms with Crippen molar-refractivity contribution in [1.82, 2.24) is 4.90 Å². The molecule has 0 aliphatic carbocycles. The van der Waals surface area contributed by atoms with Crippen LogP contribution in [0.1, 0.15) is 25.0 Å². The number of hydrogen-bond donors (Lipinski definition) is 0. The minimum Gasteiger partial charge on any atom is -0.268 e. The Bertz CT molecular complexity index is 606. The van der Waals surface area contributed by atoms with Crippen LogP contribution in [0.4, 0.5) is 18.0 Å². The maximum Gasteiger partial charge on any atom is 0.416 e. The van der Waals surface area contributed by atoms with Gasteiger partial charge in [-0.2, -0.15) is 13.2 Å². The third-order valence-electron chi connectivity index (χ3n) is 2.88. The Kier molecular flexibility index (Phi) is 4.13. The number of thioether (sulfide) groups is 1. The van der Waals surface area contributed by atoms with E-state index in [0.717, 1.165) is 28.8 Å². The highest BCUT2D eigenvalue weighted by atomic mass is 32.2. The summed E-state index contributed by atoms with van der Waals surface area (Å²) in [7, 11) is 0. The van der Waals surface area contributed by atoms with E-state index >= 15 is 0 Å². The van der Waals surface area contributed by atoms with Gasteiger partial charge in [0.25, 0.3) is 11.1 Å². The largest absolute Gasteiger partial charge is 0.416 e. The molecule has 0 N–H and O–H groups in total. The molecule has 0 aromatic heterocycles. The number of carbonyl (C=O) groups excluding carboxylic acids is 2. The molecular formula is C14H12F3NO2S. The molecule has 1 aromatic rings. The van der Waals surface area contributed by atoms with Crippen LogP contribution >= 0.6 is 11.8 Å². The Labute approximate surface area is 123 Å². The van der Waals surface area contributed by atoms with Gasteiger partial charge in [0.2, 0.25) is 0 Å². The standard InChI is InChI=1S/C14H12F3NO2S/c1-8(2)18-12(19)11(21-13(18)20)7-9-3-5-10(6-4-9)14(15,16)17/h3-8H,1-2H3/b11-7-. The van der Waals surface area contributed by atoms with Crippen LogP contribution in [0, 0.1) is 0 Å². The molecule has 0 atom stereocenters. The van der Waals surface area contributed by atoms with Gasteiger partial charge in [-0.1, -0.05) is 12.1 Å². The second kappa shape index (κ2) is 5.55. The molecule has 0 saturated carbocycles. The first-order chi connectivity index (χ1) is 9.70. The van der Waals surface area contributed by atoms with Gasteiger partial charge in [-0.05, 0) is 49.4 Å². The number of carbonyl (C=O) groups is 2. The second-order valence-corrected chi connectivity index (χ2v) is 5.76. The predicted octanol–water partition coefficient (Wildman–Crippen LogP) is 4.15. The Balaban J connectivity index is 2.25. The molecule has 1 saturated heterocycles. The van der Waals surface area contributed by atoms with Crippen molar-refractivity contribution >= 4 is 29.0 Å². The van der Waals surface area contributed by atoms with Gasteiger partial charge in [-0.25, -0.2) is 0 Å². The molecule has 7 heteroatoms. The molecule has 21 heavy (non-hydrogen) atoms. The maximum atomic E-state index is 12.5. The van der Waals surface area contributed by atoms with Crippen LogP contribution in [0.5, 0.6) is 0 Å². The molecule has 0 radical (unpaired) electrons. The number of nitrogens with zero attached hydrogens (tertiary/aromatic N) is 1. The van der Waals surface area contributed by atoms with Gasteiger partial charge in [-0.15, -0.1) is 0 Å². The fourth-order valence-electron chi connectivity index (χ4n) is 1.84. The zero-order valence-corrected chi connectivity index (χ0v) is 12.1. The van der Waals surface area contributed by atoms with Crippen LogP contribution in [0.2, 0.25) is 0 Å². The summed E-state index contributed by atoms with van der Waals surface area (Å²) in [6, 6.07) is 4.17. The first-order valence-corrected chi connectivity index (χ1v) is 6.96. The molecule has 1 aromatic carbocycles. The highest BCUT2D eigenvalue weighted by Crippen LogP contribution is 2.34. The van der Waals surface area contributed by atoms with Crippen molar-refractivity contribution in [2.75, 3.05) is 0 Å². The summed E-state index contributed by atoms with van der Waals surface area (Å²) in [5, 5.41) is -0.367. The molecule has 2 amide bonds. The lowest BCUT2D eigenvalue weighted by Crippen LogP contribution is -2.34. The van der Waals surface area contributed by atoms with E-state index < -0.39 is 17.6 Å². The molecule has 0 unspecified atom stereocenters. The molecule has 1 aliphatic rings. The molecule has 0 bridgehead atoms. The first-order valence-electron chi connectivity index (χ1n) is 6.14. The van der Waals surface area contributed by atoms with Crippen molar-refractivity contribution in [2.45, 2.75) is 26.1 Å². The van der Waals surface area contributed by atoms with Crippen molar-refractivity contribution in [3.8, 4) is 0 Å².